The zero-order valence-electron chi connectivity index (χ0n) is 13.8. The molecule has 0 radical (unpaired) electrons. The SMILES string of the molecule is CNC1(C)CCN(CC(=O)Nc2c(C)nn(C)c2C)CC1. The van der Waals surface area contributed by atoms with Crippen molar-refractivity contribution in [3.05, 3.63) is 11.4 Å². The summed E-state index contributed by atoms with van der Waals surface area (Å²) in [6.45, 7) is 8.49. The molecule has 1 aliphatic heterocycles. The van der Waals surface area contributed by atoms with Crippen LogP contribution in [0.5, 0.6) is 0 Å². The second kappa shape index (κ2) is 6.15. The second-order valence-corrected chi connectivity index (χ2v) is 6.30. The standard InChI is InChI=1S/C15H27N5O/c1-11-14(12(2)19(5)18-11)17-13(21)10-20-8-6-15(3,16-4)7-9-20/h16H,6-10H2,1-5H3,(H,17,21). The maximum atomic E-state index is 12.2. The Labute approximate surface area is 126 Å². The molecule has 21 heavy (non-hydrogen) atoms. The minimum atomic E-state index is 0.0438. The van der Waals surface area contributed by atoms with E-state index in [-0.39, 0.29) is 11.4 Å². The highest BCUT2D eigenvalue weighted by Crippen LogP contribution is 2.21. The van der Waals surface area contributed by atoms with Crippen LogP contribution in [-0.4, -0.2) is 52.8 Å². The van der Waals surface area contributed by atoms with Gasteiger partial charge in [-0.05, 0) is 40.7 Å². The number of amides is 1. The first kappa shape index (κ1) is 16.0. The third-order valence-corrected chi connectivity index (χ3v) is 4.70. The van der Waals surface area contributed by atoms with Crippen molar-refractivity contribution in [3.8, 4) is 0 Å². The van der Waals surface area contributed by atoms with Crippen molar-refractivity contribution in [2.24, 2.45) is 7.05 Å². The summed E-state index contributed by atoms with van der Waals surface area (Å²) in [5.74, 6) is 0.0438. The van der Waals surface area contributed by atoms with Crippen LogP contribution in [0.4, 0.5) is 5.69 Å². The highest BCUT2D eigenvalue weighted by Gasteiger charge is 2.29. The predicted molar refractivity (Wildman–Crippen MR) is 84.5 cm³/mol. The smallest absolute Gasteiger partial charge is 0.238 e. The lowest BCUT2D eigenvalue weighted by Gasteiger charge is -2.39. The Morgan fingerprint density at radius 2 is 1.95 bits per heavy atom. The summed E-state index contributed by atoms with van der Waals surface area (Å²) < 4.78 is 1.80. The van der Waals surface area contributed by atoms with Crippen LogP contribution in [0.3, 0.4) is 0 Å². The molecule has 2 rings (SSSR count). The number of aromatic nitrogens is 2. The minimum absolute atomic E-state index is 0.0438. The third-order valence-electron chi connectivity index (χ3n) is 4.70. The maximum absolute atomic E-state index is 12.2. The molecule has 0 aliphatic carbocycles. The van der Waals surface area contributed by atoms with Crippen molar-refractivity contribution >= 4 is 11.6 Å². The van der Waals surface area contributed by atoms with Crippen LogP contribution in [-0.2, 0) is 11.8 Å². The van der Waals surface area contributed by atoms with E-state index < -0.39 is 0 Å². The van der Waals surface area contributed by atoms with E-state index in [4.69, 9.17) is 0 Å². The van der Waals surface area contributed by atoms with Crippen LogP contribution >= 0.6 is 0 Å². The van der Waals surface area contributed by atoms with Crippen LogP contribution in [0.15, 0.2) is 0 Å². The van der Waals surface area contributed by atoms with Crippen LogP contribution in [0.2, 0.25) is 0 Å². The quantitative estimate of drug-likeness (QED) is 0.871. The van der Waals surface area contributed by atoms with Gasteiger partial charge in [-0.1, -0.05) is 0 Å². The Bertz CT molecular complexity index is 514. The number of nitrogens with zero attached hydrogens (tertiary/aromatic N) is 3. The van der Waals surface area contributed by atoms with Gasteiger partial charge in [-0.15, -0.1) is 0 Å². The number of carbonyl (C=O) groups is 1. The highest BCUT2D eigenvalue weighted by molar-refractivity contribution is 5.93. The lowest BCUT2D eigenvalue weighted by Crippen LogP contribution is -2.51. The number of carbonyl (C=O) groups excluding carboxylic acids is 1. The van der Waals surface area contributed by atoms with E-state index in [2.05, 4.69) is 27.6 Å². The Hall–Kier alpha value is -1.40. The fraction of sp³-hybridized carbons (Fsp3) is 0.733. The number of rotatable bonds is 4. The zero-order valence-corrected chi connectivity index (χ0v) is 13.8. The van der Waals surface area contributed by atoms with E-state index in [1.54, 1.807) is 4.68 Å². The topological polar surface area (TPSA) is 62.2 Å². The fourth-order valence-electron chi connectivity index (χ4n) is 2.79. The summed E-state index contributed by atoms with van der Waals surface area (Å²) >= 11 is 0. The molecule has 2 N–H and O–H groups in total. The Morgan fingerprint density at radius 1 is 1.33 bits per heavy atom. The Balaban J connectivity index is 1.88. The molecule has 118 valence electrons. The van der Waals surface area contributed by atoms with Gasteiger partial charge < -0.3 is 10.6 Å². The van der Waals surface area contributed by atoms with Gasteiger partial charge in [-0.2, -0.15) is 5.10 Å². The maximum Gasteiger partial charge on any atom is 0.238 e. The van der Waals surface area contributed by atoms with Gasteiger partial charge in [0.25, 0.3) is 0 Å². The van der Waals surface area contributed by atoms with Gasteiger partial charge >= 0.3 is 0 Å². The Kier molecular flexibility index (Phi) is 4.68. The van der Waals surface area contributed by atoms with Gasteiger partial charge in [0.2, 0.25) is 5.91 Å². The first-order valence-corrected chi connectivity index (χ1v) is 7.56. The molecule has 1 aliphatic rings. The van der Waals surface area contributed by atoms with Crippen LogP contribution < -0.4 is 10.6 Å². The van der Waals surface area contributed by atoms with Crippen molar-refractivity contribution in [3.63, 3.8) is 0 Å². The summed E-state index contributed by atoms with van der Waals surface area (Å²) in [6, 6.07) is 0. The van der Waals surface area contributed by atoms with Gasteiger partial charge in [-0.3, -0.25) is 14.4 Å². The van der Waals surface area contributed by atoms with E-state index in [1.165, 1.54) is 0 Å². The summed E-state index contributed by atoms with van der Waals surface area (Å²) in [5.41, 5.74) is 2.91. The lowest BCUT2D eigenvalue weighted by molar-refractivity contribution is -0.117. The van der Waals surface area contributed by atoms with Gasteiger partial charge in [-0.25, -0.2) is 0 Å². The van der Waals surface area contributed by atoms with Crippen molar-refractivity contribution < 1.29 is 4.79 Å². The number of aryl methyl sites for hydroxylation is 2. The first-order chi connectivity index (χ1) is 9.84. The lowest BCUT2D eigenvalue weighted by atomic mass is 9.90. The van der Waals surface area contributed by atoms with Crippen molar-refractivity contribution in [1.82, 2.24) is 20.0 Å². The summed E-state index contributed by atoms with van der Waals surface area (Å²) in [5, 5.41) is 10.7. The van der Waals surface area contributed by atoms with Crippen LogP contribution in [0, 0.1) is 13.8 Å². The van der Waals surface area contributed by atoms with E-state index in [0.717, 1.165) is 43.0 Å². The van der Waals surface area contributed by atoms with Crippen molar-refractivity contribution in [2.45, 2.75) is 39.2 Å². The van der Waals surface area contributed by atoms with Gasteiger partial charge in [0.05, 0.1) is 23.6 Å². The molecule has 1 aromatic rings. The third kappa shape index (κ3) is 3.63. The molecule has 0 aromatic carbocycles. The summed E-state index contributed by atoms with van der Waals surface area (Å²) in [4.78, 5) is 14.4. The van der Waals surface area contributed by atoms with Crippen LogP contribution in [0.1, 0.15) is 31.2 Å². The van der Waals surface area contributed by atoms with Gasteiger partial charge in [0.1, 0.15) is 0 Å². The summed E-state index contributed by atoms with van der Waals surface area (Å²) in [7, 11) is 3.90. The molecular formula is C15H27N5O. The predicted octanol–water partition coefficient (Wildman–Crippen LogP) is 1.05. The number of likely N-dealkylation sites (tertiary alicyclic amines) is 1. The Morgan fingerprint density at radius 3 is 2.43 bits per heavy atom. The van der Waals surface area contributed by atoms with Gasteiger partial charge in [0.15, 0.2) is 0 Å². The van der Waals surface area contributed by atoms with E-state index in [9.17, 15) is 4.79 Å². The van der Waals surface area contributed by atoms with E-state index >= 15 is 0 Å². The normalized spacial score (nSPS) is 18.7. The number of piperidine rings is 1. The molecule has 0 atom stereocenters. The molecule has 6 nitrogen and oxygen atoms in total. The fourth-order valence-corrected chi connectivity index (χ4v) is 2.79. The van der Waals surface area contributed by atoms with E-state index in [1.807, 2.05) is 27.9 Å². The number of hydrogen-bond donors (Lipinski definition) is 2. The molecule has 1 fully saturated rings. The van der Waals surface area contributed by atoms with Gasteiger partial charge in [0, 0.05) is 25.7 Å². The largest absolute Gasteiger partial charge is 0.322 e. The molecule has 1 saturated heterocycles. The second-order valence-electron chi connectivity index (χ2n) is 6.30. The average molecular weight is 293 g/mol. The summed E-state index contributed by atoms with van der Waals surface area (Å²) in [6.07, 6.45) is 2.14. The average Bonchev–Trinajstić information content (AvgIpc) is 2.68. The molecule has 1 aromatic heterocycles. The monoisotopic (exact) mass is 293 g/mol. The molecule has 0 bridgehead atoms. The molecule has 2 heterocycles. The number of hydrogen-bond acceptors (Lipinski definition) is 4. The molecule has 0 unspecified atom stereocenters. The number of anilines is 1. The van der Waals surface area contributed by atoms with Crippen LogP contribution in [0.25, 0.3) is 0 Å². The van der Waals surface area contributed by atoms with Crippen molar-refractivity contribution in [1.29, 1.82) is 0 Å². The molecule has 6 heteroatoms. The first-order valence-electron chi connectivity index (χ1n) is 7.56. The van der Waals surface area contributed by atoms with E-state index in [0.29, 0.717) is 6.54 Å². The molecule has 1 amide bonds. The minimum Gasteiger partial charge on any atom is -0.322 e. The molecule has 0 spiro atoms. The highest BCUT2D eigenvalue weighted by atomic mass is 16.2. The molecular weight excluding hydrogens is 266 g/mol. The molecule has 0 saturated carbocycles. The van der Waals surface area contributed by atoms with Crippen molar-refractivity contribution in [2.75, 3.05) is 32.0 Å². The number of nitrogens with one attached hydrogen (secondary N) is 2. The zero-order chi connectivity index (χ0) is 15.6.